The first-order valence-corrected chi connectivity index (χ1v) is 8.96. The summed E-state index contributed by atoms with van der Waals surface area (Å²) in [5.41, 5.74) is 2.49. The van der Waals surface area contributed by atoms with E-state index >= 15 is 0 Å². The first kappa shape index (κ1) is 18.9. The lowest BCUT2D eigenvalue weighted by Gasteiger charge is -2.13. The van der Waals surface area contributed by atoms with Crippen molar-refractivity contribution in [1.29, 1.82) is 0 Å². The number of carbonyl (C=O) groups excluding carboxylic acids is 2. The maximum absolute atomic E-state index is 12.0. The van der Waals surface area contributed by atoms with Gasteiger partial charge in [-0.1, -0.05) is 37.3 Å². The summed E-state index contributed by atoms with van der Waals surface area (Å²) < 4.78 is 4.54. The third-order valence-electron chi connectivity index (χ3n) is 3.25. The van der Waals surface area contributed by atoms with Gasteiger partial charge in [-0.2, -0.15) is 0 Å². The zero-order valence-corrected chi connectivity index (χ0v) is 15.6. The fourth-order valence-corrected chi connectivity index (χ4v) is 3.24. The summed E-state index contributed by atoms with van der Waals surface area (Å²) in [5.74, 6) is -0.0705. The summed E-state index contributed by atoms with van der Waals surface area (Å²) in [6.07, 6.45) is 0.530. The molecule has 8 heteroatoms. The quantitative estimate of drug-likeness (QED) is 0.680. The van der Waals surface area contributed by atoms with Crippen LogP contribution in [0.25, 0.3) is 11.1 Å². The highest BCUT2D eigenvalue weighted by Crippen LogP contribution is 2.40. The smallest absolute Gasteiger partial charge is 0.413 e. The number of ether oxygens (including phenoxy) is 1. The summed E-state index contributed by atoms with van der Waals surface area (Å²) in [4.78, 5) is 23.3. The first-order chi connectivity index (χ1) is 12.0. The number of benzene rings is 1. The van der Waals surface area contributed by atoms with Crippen molar-refractivity contribution < 1.29 is 14.3 Å². The molecule has 0 saturated carbocycles. The maximum atomic E-state index is 12.0. The molecule has 0 spiro atoms. The van der Waals surface area contributed by atoms with E-state index in [0.717, 1.165) is 17.5 Å². The minimum Gasteiger partial charge on any atom is -0.453 e. The minimum absolute atomic E-state index is 0.0705. The molecule has 0 bridgehead atoms. The van der Waals surface area contributed by atoms with E-state index < -0.39 is 6.09 Å². The normalized spacial score (nSPS) is 10.0. The van der Waals surface area contributed by atoms with Gasteiger partial charge in [0.2, 0.25) is 5.91 Å². The van der Waals surface area contributed by atoms with E-state index in [9.17, 15) is 9.59 Å². The molecule has 0 aliphatic rings. The average molecular weight is 377 g/mol. The SMILES string of the molecule is CCCC(=O)Nc1scc(-c2ccccc2)c1NC(=S)NC(=O)OC. The molecular formula is C17H19N3O3S2. The Labute approximate surface area is 155 Å². The van der Waals surface area contributed by atoms with Crippen LogP contribution in [0.4, 0.5) is 15.5 Å². The Morgan fingerprint density at radius 2 is 1.92 bits per heavy atom. The van der Waals surface area contributed by atoms with E-state index in [0.29, 0.717) is 17.1 Å². The van der Waals surface area contributed by atoms with Crippen LogP contribution in [0.15, 0.2) is 35.7 Å². The summed E-state index contributed by atoms with van der Waals surface area (Å²) >= 11 is 6.54. The van der Waals surface area contributed by atoms with Crippen LogP contribution in [0.1, 0.15) is 19.8 Å². The molecule has 25 heavy (non-hydrogen) atoms. The van der Waals surface area contributed by atoms with E-state index in [2.05, 4.69) is 20.7 Å². The van der Waals surface area contributed by atoms with Crippen LogP contribution in [0, 0.1) is 0 Å². The van der Waals surface area contributed by atoms with Gasteiger partial charge >= 0.3 is 6.09 Å². The summed E-state index contributed by atoms with van der Waals surface area (Å²) in [6, 6.07) is 9.70. The van der Waals surface area contributed by atoms with E-state index in [1.54, 1.807) is 0 Å². The summed E-state index contributed by atoms with van der Waals surface area (Å²) in [7, 11) is 1.26. The number of methoxy groups -OCH3 is 1. The van der Waals surface area contributed by atoms with Gasteiger partial charge in [0.25, 0.3) is 0 Å². The molecule has 0 aliphatic heterocycles. The minimum atomic E-state index is -0.662. The van der Waals surface area contributed by atoms with Crippen molar-refractivity contribution in [2.75, 3.05) is 17.7 Å². The third-order valence-corrected chi connectivity index (χ3v) is 4.34. The lowest BCUT2D eigenvalue weighted by molar-refractivity contribution is -0.116. The van der Waals surface area contributed by atoms with Crippen molar-refractivity contribution in [3.8, 4) is 11.1 Å². The van der Waals surface area contributed by atoms with Gasteiger partial charge in [-0.05, 0) is 24.2 Å². The molecule has 0 unspecified atom stereocenters. The van der Waals surface area contributed by atoms with Crippen LogP contribution in [-0.2, 0) is 9.53 Å². The van der Waals surface area contributed by atoms with Crippen LogP contribution in [-0.4, -0.2) is 24.2 Å². The highest BCUT2D eigenvalue weighted by Gasteiger charge is 2.17. The number of rotatable bonds is 5. The second-order valence-electron chi connectivity index (χ2n) is 5.09. The van der Waals surface area contributed by atoms with Crippen molar-refractivity contribution in [2.24, 2.45) is 0 Å². The van der Waals surface area contributed by atoms with Gasteiger partial charge in [0.05, 0.1) is 12.8 Å². The first-order valence-electron chi connectivity index (χ1n) is 7.67. The van der Waals surface area contributed by atoms with Crippen molar-refractivity contribution in [3.05, 3.63) is 35.7 Å². The summed E-state index contributed by atoms with van der Waals surface area (Å²) in [6.45, 7) is 1.94. The number of anilines is 2. The molecule has 0 atom stereocenters. The number of thiocarbonyl (C=S) groups is 1. The van der Waals surface area contributed by atoms with Gasteiger partial charge in [-0.15, -0.1) is 11.3 Å². The maximum Gasteiger partial charge on any atom is 0.413 e. The largest absolute Gasteiger partial charge is 0.453 e. The van der Waals surface area contributed by atoms with Crippen molar-refractivity contribution in [1.82, 2.24) is 5.32 Å². The van der Waals surface area contributed by atoms with E-state index in [-0.39, 0.29) is 11.0 Å². The van der Waals surface area contributed by atoms with Gasteiger partial charge in [0.1, 0.15) is 5.00 Å². The monoisotopic (exact) mass is 377 g/mol. The van der Waals surface area contributed by atoms with Gasteiger partial charge in [-0.25, -0.2) is 4.79 Å². The number of hydrogen-bond acceptors (Lipinski definition) is 5. The molecular weight excluding hydrogens is 358 g/mol. The van der Waals surface area contributed by atoms with Gasteiger partial charge in [0, 0.05) is 17.4 Å². The predicted molar refractivity (Wildman–Crippen MR) is 105 cm³/mol. The lowest BCUT2D eigenvalue weighted by Crippen LogP contribution is -2.34. The Kier molecular flexibility index (Phi) is 6.91. The molecule has 0 saturated heterocycles. The van der Waals surface area contributed by atoms with Gasteiger partial charge in [-0.3, -0.25) is 10.1 Å². The average Bonchev–Trinajstić information content (AvgIpc) is 2.98. The van der Waals surface area contributed by atoms with Crippen LogP contribution in [0.5, 0.6) is 0 Å². The summed E-state index contributed by atoms with van der Waals surface area (Å²) in [5, 5.41) is 10.9. The predicted octanol–water partition coefficient (Wildman–Crippen LogP) is 4.21. The lowest BCUT2D eigenvalue weighted by atomic mass is 10.1. The number of carbonyl (C=O) groups is 2. The van der Waals surface area contributed by atoms with E-state index in [1.807, 2.05) is 42.6 Å². The van der Waals surface area contributed by atoms with Gasteiger partial charge in [0.15, 0.2) is 5.11 Å². The van der Waals surface area contributed by atoms with Crippen LogP contribution >= 0.6 is 23.6 Å². The molecule has 2 rings (SSSR count). The highest BCUT2D eigenvalue weighted by atomic mass is 32.1. The van der Waals surface area contributed by atoms with E-state index in [4.69, 9.17) is 12.2 Å². The van der Waals surface area contributed by atoms with Crippen molar-refractivity contribution in [2.45, 2.75) is 19.8 Å². The molecule has 2 amide bonds. The molecule has 0 fully saturated rings. The number of thiophene rings is 1. The van der Waals surface area contributed by atoms with Crippen LogP contribution in [0.2, 0.25) is 0 Å². The Balaban J connectivity index is 2.31. The molecule has 6 nitrogen and oxygen atoms in total. The van der Waals surface area contributed by atoms with Crippen LogP contribution in [0.3, 0.4) is 0 Å². The van der Waals surface area contributed by atoms with Crippen LogP contribution < -0.4 is 16.0 Å². The number of hydrogen-bond donors (Lipinski definition) is 3. The zero-order chi connectivity index (χ0) is 18.2. The number of amides is 2. The molecule has 1 aromatic heterocycles. The Morgan fingerprint density at radius 1 is 1.20 bits per heavy atom. The second kappa shape index (κ2) is 9.14. The number of alkyl carbamates (subject to hydrolysis) is 1. The Morgan fingerprint density at radius 3 is 2.56 bits per heavy atom. The molecule has 1 aromatic carbocycles. The second-order valence-corrected chi connectivity index (χ2v) is 6.38. The highest BCUT2D eigenvalue weighted by molar-refractivity contribution is 7.80. The third kappa shape index (κ3) is 5.27. The topological polar surface area (TPSA) is 79.5 Å². The molecule has 132 valence electrons. The molecule has 2 aromatic rings. The Bertz CT molecular complexity index is 760. The molecule has 0 radical (unpaired) electrons. The Hall–Kier alpha value is -2.45. The van der Waals surface area contributed by atoms with Gasteiger partial charge < -0.3 is 15.4 Å². The fraction of sp³-hybridized carbons (Fsp3) is 0.235. The molecule has 3 N–H and O–H groups in total. The standard InChI is InChI=1S/C17H19N3O3S2/c1-3-7-13(21)18-15-14(19-16(24)20-17(22)23-2)12(10-25-15)11-8-5-4-6-9-11/h4-6,8-10H,3,7H2,1-2H3,(H,18,21)(H2,19,20,22,24). The molecule has 0 aliphatic carbocycles. The van der Waals surface area contributed by atoms with E-state index in [1.165, 1.54) is 18.4 Å². The molecule has 1 heterocycles. The van der Waals surface area contributed by atoms with Crippen molar-refractivity contribution in [3.63, 3.8) is 0 Å². The number of nitrogens with one attached hydrogen (secondary N) is 3. The van der Waals surface area contributed by atoms with Crippen molar-refractivity contribution >= 4 is 51.4 Å². The fourth-order valence-electron chi connectivity index (χ4n) is 2.11. The zero-order valence-electron chi connectivity index (χ0n) is 13.9.